The van der Waals surface area contributed by atoms with E-state index >= 15 is 0 Å². The van der Waals surface area contributed by atoms with Crippen LogP contribution < -0.4 is 23.9 Å². The Labute approximate surface area is 218 Å². The number of nitrogens with one attached hydrogen (secondary N) is 1. The van der Waals surface area contributed by atoms with Crippen LogP contribution in [-0.2, 0) is 14.8 Å². The van der Waals surface area contributed by atoms with Gasteiger partial charge >= 0.3 is 0 Å². The molecule has 0 saturated carbocycles. The smallest absolute Gasteiger partial charge is 0.264 e. The molecule has 36 heavy (non-hydrogen) atoms. The number of hydrogen-bond acceptors (Lipinski definition) is 7. The summed E-state index contributed by atoms with van der Waals surface area (Å²) in [4.78, 5) is 12.7. The first-order valence-corrected chi connectivity index (χ1v) is 12.9. The van der Waals surface area contributed by atoms with E-state index < -0.39 is 22.5 Å². The lowest BCUT2D eigenvalue weighted by Gasteiger charge is -2.24. The lowest BCUT2D eigenvalue weighted by molar-refractivity contribution is -0.119. The fourth-order valence-electron chi connectivity index (χ4n) is 3.28. The molecule has 0 atom stereocenters. The Morgan fingerprint density at radius 1 is 0.944 bits per heavy atom. The molecule has 0 unspecified atom stereocenters. The third kappa shape index (κ3) is 6.35. The van der Waals surface area contributed by atoms with Gasteiger partial charge in [-0.1, -0.05) is 33.6 Å². The number of nitrogens with zero attached hydrogens (tertiary/aromatic N) is 2. The third-order valence-electron chi connectivity index (χ3n) is 5.14. The molecule has 0 aromatic heterocycles. The molecule has 0 aliphatic carbocycles. The van der Waals surface area contributed by atoms with Crippen LogP contribution in [0, 0.1) is 6.92 Å². The summed E-state index contributed by atoms with van der Waals surface area (Å²) < 4.78 is 44.8. The maximum atomic E-state index is 13.6. The van der Waals surface area contributed by atoms with Crippen LogP contribution in [0.15, 0.2) is 75.1 Å². The largest absolute Gasteiger partial charge is 0.496 e. The van der Waals surface area contributed by atoms with E-state index in [1.54, 1.807) is 36.4 Å². The van der Waals surface area contributed by atoms with Crippen molar-refractivity contribution < 1.29 is 27.4 Å². The Balaban J connectivity index is 1.90. The molecule has 0 fully saturated rings. The zero-order chi connectivity index (χ0) is 26.3. The number of aryl methyl sites for hydroxylation is 1. The molecule has 190 valence electrons. The van der Waals surface area contributed by atoms with Crippen molar-refractivity contribution in [1.82, 2.24) is 5.43 Å². The summed E-state index contributed by atoms with van der Waals surface area (Å²) in [6.45, 7) is 1.38. The number of hydrogen-bond donors (Lipinski definition) is 1. The number of anilines is 1. The Morgan fingerprint density at radius 2 is 1.58 bits per heavy atom. The maximum Gasteiger partial charge on any atom is 0.264 e. The summed E-state index contributed by atoms with van der Waals surface area (Å²) >= 11 is 3.38. The molecular weight excluding hydrogens is 550 g/mol. The molecule has 3 aromatic rings. The highest BCUT2D eigenvalue weighted by molar-refractivity contribution is 9.10. The van der Waals surface area contributed by atoms with Gasteiger partial charge in [0.15, 0.2) is 11.5 Å². The van der Waals surface area contributed by atoms with E-state index in [2.05, 4.69) is 26.5 Å². The quantitative estimate of drug-likeness (QED) is 0.288. The van der Waals surface area contributed by atoms with Gasteiger partial charge < -0.3 is 14.2 Å². The Morgan fingerprint density at radius 3 is 2.22 bits per heavy atom. The minimum atomic E-state index is -4.15. The number of carbonyl (C=O) groups is 1. The molecular formula is C25H26BrN3O6S. The van der Waals surface area contributed by atoms with Gasteiger partial charge in [0.25, 0.3) is 15.9 Å². The minimum absolute atomic E-state index is 0.0594. The highest BCUT2D eigenvalue weighted by Gasteiger charge is 2.28. The van der Waals surface area contributed by atoms with Crippen molar-refractivity contribution in [3.63, 3.8) is 0 Å². The number of hydrazone groups is 1. The van der Waals surface area contributed by atoms with Gasteiger partial charge in [0.1, 0.15) is 12.3 Å². The Hall–Kier alpha value is -3.57. The molecule has 3 aromatic carbocycles. The van der Waals surface area contributed by atoms with Crippen molar-refractivity contribution in [3.05, 3.63) is 76.3 Å². The molecule has 0 aliphatic heterocycles. The number of ether oxygens (including phenoxy) is 3. The topological polar surface area (TPSA) is 107 Å². The van der Waals surface area contributed by atoms with Crippen molar-refractivity contribution >= 4 is 43.8 Å². The van der Waals surface area contributed by atoms with E-state index in [1.807, 2.05) is 13.0 Å². The summed E-state index contributed by atoms with van der Waals surface area (Å²) in [7, 11) is 0.243. The van der Waals surface area contributed by atoms with E-state index in [0.717, 1.165) is 14.3 Å². The van der Waals surface area contributed by atoms with E-state index in [4.69, 9.17) is 14.2 Å². The molecule has 0 bridgehead atoms. The summed E-state index contributed by atoms with van der Waals surface area (Å²) in [5.74, 6) is 0.561. The van der Waals surface area contributed by atoms with Crippen LogP contribution in [0.4, 0.5) is 5.69 Å². The fourth-order valence-corrected chi connectivity index (χ4v) is 5.09. The summed E-state index contributed by atoms with van der Waals surface area (Å²) in [5.41, 5.74) is 4.28. The van der Waals surface area contributed by atoms with Crippen LogP contribution in [0.2, 0.25) is 0 Å². The normalized spacial score (nSPS) is 11.2. The number of amides is 1. The van der Waals surface area contributed by atoms with Crippen molar-refractivity contribution in [1.29, 1.82) is 0 Å². The third-order valence-corrected chi connectivity index (χ3v) is 7.40. The van der Waals surface area contributed by atoms with Gasteiger partial charge in [-0.15, -0.1) is 0 Å². The highest BCUT2D eigenvalue weighted by atomic mass is 79.9. The van der Waals surface area contributed by atoms with Crippen molar-refractivity contribution in [2.45, 2.75) is 11.8 Å². The highest BCUT2D eigenvalue weighted by Crippen LogP contribution is 2.32. The van der Waals surface area contributed by atoms with E-state index in [9.17, 15) is 13.2 Å². The fraction of sp³-hybridized carbons (Fsp3) is 0.200. The molecule has 0 aliphatic rings. The molecule has 11 heteroatoms. The van der Waals surface area contributed by atoms with Crippen LogP contribution in [0.3, 0.4) is 0 Å². The van der Waals surface area contributed by atoms with Crippen LogP contribution >= 0.6 is 15.9 Å². The van der Waals surface area contributed by atoms with Crippen LogP contribution in [0.5, 0.6) is 17.2 Å². The second kappa shape index (κ2) is 11.9. The predicted octanol–water partition coefficient (Wildman–Crippen LogP) is 4.13. The van der Waals surface area contributed by atoms with Crippen molar-refractivity contribution in [3.8, 4) is 17.2 Å². The molecule has 0 radical (unpaired) electrons. The molecule has 9 nitrogen and oxygen atoms in total. The molecule has 1 N–H and O–H groups in total. The average Bonchev–Trinajstić information content (AvgIpc) is 2.87. The Kier molecular flexibility index (Phi) is 8.94. The summed E-state index contributed by atoms with van der Waals surface area (Å²) in [6.07, 6.45) is 1.42. The number of benzene rings is 3. The van der Waals surface area contributed by atoms with Crippen molar-refractivity contribution in [2.24, 2.45) is 5.10 Å². The summed E-state index contributed by atoms with van der Waals surface area (Å²) in [6, 6.07) is 16.4. The zero-order valence-corrected chi connectivity index (χ0v) is 22.6. The number of halogens is 1. The lowest BCUT2D eigenvalue weighted by atomic mass is 10.2. The summed E-state index contributed by atoms with van der Waals surface area (Å²) in [5, 5.41) is 3.97. The van der Waals surface area contributed by atoms with Gasteiger partial charge in [0, 0.05) is 16.1 Å². The first-order valence-electron chi connectivity index (χ1n) is 10.7. The van der Waals surface area contributed by atoms with Gasteiger partial charge in [-0.2, -0.15) is 5.10 Å². The van der Waals surface area contributed by atoms with Crippen LogP contribution in [0.25, 0.3) is 0 Å². The van der Waals surface area contributed by atoms with Gasteiger partial charge in [-0.25, -0.2) is 13.8 Å². The number of sulfonamides is 1. The molecule has 0 saturated heterocycles. The molecule has 0 heterocycles. The standard InChI is InChI=1S/C25H26BrN3O6S/c1-17-5-8-20(9-6-17)29(36(31,32)21-10-12-23(34-3)24(14-21)35-4)16-25(30)28-27-15-18-13-19(26)7-11-22(18)33-2/h5-15H,16H2,1-4H3,(H,28,30)/b27-15-. The first-order chi connectivity index (χ1) is 17.2. The Bertz CT molecular complexity index is 1360. The van der Waals surface area contributed by atoms with Gasteiger partial charge in [0.05, 0.1) is 38.1 Å². The van der Waals surface area contributed by atoms with Gasteiger partial charge in [0.2, 0.25) is 0 Å². The number of rotatable bonds is 10. The van der Waals surface area contributed by atoms with Crippen LogP contribution in [-0.4, -0.2) is 48.4 Å². The lowest BCUT2D eigenvalue weighted by Crippen LogP contribution is -2.39. The first kappa shape index (κ1) is 27.0. The van der Waals surface area contributed by atoms with Crippen LogP contribution in [0.1, 0.15) is 11.1 Å². The SMILES string of the molecule is COc1ccc(Br)cc1/C=N\NC(=O)CN(c1ccc(C)cc1)S(=O)(=O)c1ccc(OC)c(OC)c1. The maximum absolute atomic E-state index is 13.6. The van der Waals surface area contributed by atoms with Crippen molar-refractivity contribution in [2.75, 3.05) is 32.2 Å². The minimum Gasteiger partial charge on any atom is -0.496 e. The monoisotopic (exact) mass is 575 g/mol. The number of methoxy groups -OCH3 is 3. The zero-order valence-electron chi connectivity index (χ0n) is 20.2. The molecule has 3 rings (SSSR count). The van der Waals surface area contributed by atoms with E-state index in [1.165, 1.54) is 45.7 Å². The second-order valence-electron chi connectivity index (χ2n) is 7.54. The van der Waals surface area contributed by atoms with Gasteiger partial charge in [-0.05, 0) is 49.4 Å². The molecule has 0 spiro atoms. The number of carbonyl (C=O) groups excluding carboxylic acids is 1. The van der Waals surface area contributed by atoms with Gasteiger partial charge in [-0.3, -0.25) is 9.10 Å². The second-order valence-corrected chi connectivity index (χ2v) is 10.3. The van der Waals surface area contributed by atoms with E-state index in [0.29, 0.717) is 22.7 Å². The average molecular weight is 576 g/mol. The predicted molar refractivity (Wildman–Crippen MR) is 142 cm³/mol. The van der Waals surface area contributed by atoms with E-state index in [-0.39, 0.29) is 10.6 Å². The molecule has 1 amide bonds.